The molecule has 1 atom stereocenters. The molecule has 2 aromatic carbocycles. The molecule has 4 nitrogen and oxygen atoms in total. The van der Waals surface area contributed by atoms with Crippen molar-refractivity contribution < 1.29 is 9.53 Å². The number of amides is 1. The third-order valence-corrected chi connectivity index (χ3v) is 6.16. The number of hydrogen-bond acceptors (Lipinski definition) is 3. The summed E-state index contributed by atoms with van der Waals surface area (Å²) < 4.78 is 5.24. The largest absolute Gasteiger partial charge is 0.497 e. The van der Waals surface area contributed by atoms with Gasteiger partial charge in [-0.3, -0.25) is 4.79 Å². The van der Waals surface area contributed by atoms with E-state index in [0.717, 1.165) is 31.9 Å². The zero-order chi connectivity index (χ0) is 19.5. The van der Waals surface area contributed by atoms with Crippen LogP contribution in [0.1, 0.15) is 36.3 Å². The molecular weight excluding hydrogens is 348 g/mol. The topological polar surface area (TPSA) is 32.8 Å². The van der Waals surface area contributed by atoms with Gasteiger partial charge in [-0.25, -0.2) is 0 Å². The van der Waals surface area contributed by atoms with Crippen LogP contribution in [-0.4, -0.2) is 44.1 Å². The van der Waals surface area contributed by atoms with Gasteiger partial charge in [-0.05, 0) is 61.4 Å². The molecular formula is C24H30N2O2. The summed E-state index contributed by atoms with van der Waals surface area (Å²) in [5, 5.41) is 0. The van der Waals surface area contributed by atoms with Crippen molar-refractivity contribution in [3.05, 3.63) is 59.7 Å². The maximum atomic E-state index is 13.0. The summed E-state index contributed by atoms with van der Waals surface area (Å²) in [7, 11) is 1.69. The predicted molar refractivity (Wildman–Crippen MR) is 113 cm³/mol. The molecule has 148 valence electrons. The quantitative estimate of drug-likeness (QED) is 0.754. The molecule has 0 N–H and O–H groups in total. The van der Waals surface area contributed by atoms with Crippen molar-refractivity contribution in [2.24, 2.45) is 5.92 Å². The Kier molecular flexibility index (Phi) is 5.56. The zero-order valence-corrected chi connectivity index (χ0v) is 16.9. The molecule has 2 aliphatic rings. The molecule has 0 spiro atoms. The SMILES string of the molecule is COc1ccc(N2CCN(C(=O)CC(c3ccc(C)cc3)C3CC3)CC2)cc1. The van der Waals surface area contributed by atoms with E-state index >= 15 is 0 Å². The average molecular weight is 379 g/mol. The Labute approximate surface area is 168 Å². The summed E-state index contributed by atoms with van der Waals surface area (Å²) in [5.74, 6) is 2.26. The van der Waals surface area contributed by atoms with Gasteiger partial charge in [-0.1, -0.05) is 29.8 Å². The number of piperazine rings is 1. The van der Waals surface area contributed by atoms with Crippen molar-refractivity contribution in [3.63, 3.8) is 0 Å². The molecule has 0 bridgehead atoms. The summed E-state index contributed by atoms with van der Waals surface area (Å²) in [6.45, 7) is 5.49. The van der Waals surface area contributed by atoms with Gasteiger partial charge in [-0.15, -0.1) is 0 Å². The molecule has 1 saturated heterocycles. The maximum Gasteiger partial charge on any atom is 0.223 e. The van der Waals surface area contributed by atoms with E-state index in [1.807, 2.05) is 12.1 Å². The summed E-state index contributed by atoms with van der Waals surface area (Å²) >= 11 is 0. The van der Waals surface area contributed by atoms with Crippen LogP contribution in [0, 0.1) is 12.8 Å². The second-order valence-corrected chi connectivity index (χ2v) is 8.12. The first-order valence-electron chi connectivity index (χ1n) is 10.4. The fourth-order valence-electron chi connectivity index (χ4n) is 4.19. The van der Waals surface area contributed by atoms with Gasteiger partial charge in [0.05, 0.1) is 7.11 Å². The molecule has 0 radical (unpaired) electrons. The minimum absolute atomic E-state index is 0.312. The monoisotopic (exact) mass is 378 g/mol. The lowest BCUT2D eigenvalue weighted by Gasteiger charge is -2.36. The fraction of sp³-hybridized carbons (Fsp3) is 0.458. The molecule has 1 heterocycles. The molecule has 1 amide bonds. The third-order valence-electron chi connectivity index (χ3n) is 6.16. The molecule has 1 unspecified atom stereocenters. The first-order valence-corrected chi connectivity index (χ1v) is 10.4. The van der Waals surface area contributed by atoms with E-state index in [2.05, 4.69) is 53.1 Å². The highest BCUT2D eigenvalue weighted by molar-refractivity contribution is 5.77. The van der Waals surface area contributed by atoms with Crippen LogP contribution in [0.25, 0.3) is 0 Å². The first kappa shape index (κ1) is 18.9. The molecule has 0 aromatic heterocycles. The van der Waals surface area contributed by atoms with E-state index in [1.54, 1.807) is 7.11 Å². The van der Waals surface area contributed by atoms with Crippen LogP contribution in [0.2, 0.25) is 0 Å². The van der Waals surface area contributed by atoms with Crippen molar-refractivity contribution in [1.82, 2.24) is 4.90 Å². The highest BCUT2D eigenvalue weighted by Crippen LogP contribution is 2.44. The van der Waals surface area contributed by atoms with Crippen molar-refractivity contribution in [3.8, 4) is 5.75 Å². The van der Waals surface area contributed by atoms with Gasteiger partial charge >= 0.3 is 0 Å². The van der Waals surface area contributed by atoms with Crippen LogP contribution in [-0.2, 0) is 4.79 Å². The molecule has 1 aliphatic heterocycles. The lowest BCUT2D eigenvalue weighted by atomic mass is 9.90. The molecule has 1 saturated carbocycles. The van der Waals surface area contributed by atoms with E-state index < -0.39 is 0 Å². The molecule has 4 heteroatoms. The summed E-state index contributed by atoms with van der Waals surface area (Å²) in [6, 6.07) is 16.9. The van der Waals surface area contributed by atoms with Gasteiger partial charge in [-0.2, -0.15) is 0 Å². The number of aryl methyl sites for hydroxylation is 1. The predicted octanol–water partition coefficient (Wildman–Crippen LogP) is 4.24. The molecule has 2 aromatic rings. The van der Waals surface area contributed by atoms with E-state index in [-0.39, 0.29) is 0 Å². The average Bonchev–Trinajstić information content (AvgIpc) is 3.58. The number of rotatable bonds is 6. The van der Waals surface area contributed by atoms with Gasteiger partial charge in [0.25, 0.3) is 0 Å². The Balaban J connectivity index is 1.34. The highest BCUT2D eigenvalue weighted by Gasteiger charge is 2.35. The fourth-order valence-corrected chi connectivity index (χ4v) is 4.19. The molecule has 2 fully saturated rings. The Hall–Kier alpha value is -2.49. The molecule has 4 rings (SSSR count). The minimum atomic E-state index is 0.312. The van der Waals surface area contributed by atoms with Crippen molar-refractivity contribution in [2.45, 2.75) is 32.1 Å². The van der Waals surface area contributed by atoms with Gasteiger partial charge in [0.2, 0.25) is 5.91 Å². The van der Waals surface area contributed by atoms with E-state index in [0.29, 0.717) is 24.2 Å². The first-order chi connectivity index (χ1) is 13.6. The van der Waals surface area contributed by atoms with Crippen LogP contribution in [0.4, 0.5) is 5.69 Å². The Bertz CT molecular complexity index is 788. The van der Waals surface area contributed by atoms with Gasteiger partial charge in [0, 0.05) is 38.3 Å². The maximum absolute atomic E-state index is 13.0. The van der Waals surface area contributed by atoms with Crippen LogP contribution in [0.3, 0.4) is 0 Å². The number of methoxy groups -OCH3 is 1. The number of carbonyl (C=O) groups is 1. The standard InChI is InChI=1S/C24H30N2O2/c1-18-3-5-19(6-4-18)23(20-7-8-20)17-24(27)26-15-13-25(14-16-26)21-9-11-22(28-2)12-10-21/h3-6,9-12,20,23H,7-8,13-17H2,1-2H3. The molecule has 1 aliphatic carbocycles. The van der Waals surface area contributed by atoms with Crippen LogP contribution < -0.4 is 9.64 Å². The van der Waals surface area contributed by atoms with Crippen molar-refractivity contribution >= 4 is 11.6 Å². The molecule has 28 heavy (non-hydrogen) atoms. The van der Waals surface area contributed by atoms with Crippen LogP contribution >= 0.6 is 0 Å². The third kappa shape index (κ3) is 4.32. The summed E-state index contributed by atoms with van der Waals surface area (Å²) in [6.07, 6.45) is 3.17. The Morgan fingerprint density at radius 1 is 1.00 bits per heavy atom. The summed E-state index contributed by atoms with van der Waals surface area (Å²) in [5.41, 5.74) is 3.81. The smallest absolute Gasteiger partial charge is 0.223 e. The second-order valence-electron chi connectivity index (χ2n) is 8.12. The van der Waals surface area contributed by atoms with E-state index in [1.165, 1.54) is 29.7 Å². The number of nitrogens with zero attached hydrogens (tertiary/aromatic N) is 2. The van der Waals surface area contributed by atoms with Gasteiger partial charge in [0.1, 0.15) is 5.75 Å². The zero-order valence-electron chi connectivity index (χ0n) is 16.9. The van der Waals surface area contributed by atoms with Crippen LogP contribution in [0.15, 0.2) is 48.5 Å². The van der Waals surface area contributed by atoms with E-state index in [4.69, 9.17) is 4.74 Å². The summed E-state index contributed by atoms with van der Waals surface area (Å²) in [4.78, 5) is 17.4. The lowest BCUT2D eigenvalue weighted by molar-refractivity contribution is -0.132. The second kappa shape index (κ2) is 8.26. The van der Waals surface area contributed by atoms with Crippen LogP contribution in [0.5, 0.6) is 5.75 Å². The lowest BCUT2D eigenvalue weighted by Crippen LogP contribution is -2.49. The minimum Gasteiger partial charge on any atom is -0.497 e. The van der Waals surface area contributed by atoms with Crippen molar-refractivity contribution in [1.29, 1.82) is 0 Å². The Morgan fingerprint density at radius 2 is 1.64 bits per heavy atom. The number of hydrogen-bond donors (Lipinski definition) is 0. The van der Waals surface area contributed by atoms with Gasteiger partial charge in [0.15, 0.2) is 0 Å². The Morgan fingerprint density at radius 3 is 2.21 bits per heavy atom. The number of ether oxygens (including phenoxy) is 1. The van der Waals surface area contributed by atoms with E-state index in [9.17, 15) is 4.79 Å². The number of carbonyl (C=O) groups excluding carboxylic acids is 1. The van der Waals surface area contributed by atoms with Crippen molar-refractivity contribution in [2.75, 3.05) is 38.2 Å². The van der Waals surface area contributed by atoms with Gasteiger partial charge < -0.3 is 14.5 Å². The number of benzene rings is 2. The normalized spacial score (nSPS) is 18.1. The highest BCUT2D eigenvalue weighted by atomic mass is 16.5. The number of anilines is 1.